The molecule has 12 heavy (non-hydrogen) atoms. The Balaban J connectivity index is 2.75. The van der Waals surface area contributed by atoms with Crippen LogP contribution in [0, 0.1) is 10.3 Å². The molecule has 0 heterocycles. The summed E-state index contributed by atoms with van der Waals surface area (Å²) in [7, 11) is 0. The van der Waals surface area contributed by atoms with E-state index in [1.165, 1.54) is 0 Å². The van der Waals surface area contributed by atoms with Crippen LogP contribution in [-0.2, 0) is 9.59 Å². The van der Waals surface area contributed by atoms with Gasteiger partial charge in [-0.25, -0.2) is 0 Å². The lowest BCUT2D eigenvalue weighted by Crippen LogP contribution is -2.51. The second-order valence-electron chi connectivity index (χ2n) is 2.86. The Morgan fingerprint density at radius 3 is 1.92 bits per heavy atom. The van der Waals surface area contributed by atoms with Gasteiger partial charge in [0.05, 0.1) is 6.04 Å². The van der Waals surface area contributed by atoms with Crippen molar-refractivity contribution in [1.29, 1.82) is 0 Å². The van der Waals surface area contributed by atoms with E-state index in [0.29, 0.717) is 0 Å². The molecule has 0 aromatic carbocycles. The topological polar surface area (TPSA) is 104 Å². The first kappa shape index (κ1) is 8.63. The van der Waals surface area contributed by atoms with Crippen molar-refractivity contribution in [3.63, 3.8) is 0 Å². The van der Waals surface area contributed by atoms with Crippen LogP contribution < -0.4 is 0 Å². The van der Waals surface area contributed by atoms with Crippen molar-refractivity contribution in [2.75, 3.05) is 0 Å². The Morgan fingerprint density at radius 1 is 1.25 bits per heavy atom. The Bertz CT molecular complexity index is 226. The van der Waals surface area contributed by atoms with Crippen LogP contribution in [0.3, 0.4) is 0 Å². The molecule has 1 aliphatic rings. The maximum atomic E-state index is 10.5. The molecule has 6 heteroatoms. The van der Waals surface area contributed by atoms with Crippen molar-refractivity contribution in [2.24, 2.45) is 10.6 Å². The standard InChI is InChI=1S/C6H7NO5/c8-4(9)6(5(10)11)1-3(2-6)7-12/h3H,1-2H2,(H,8,9)(H,10,11). The van der Waals surface area contributed by atoms with Crippen LogP contribution >= 0.6 is 0 Å². The fourth-order valence-electron chi connectivity index (χ4n) is 1.26. The van der Waals surface area contributed by atoms with Gasteiger partial charge in [0.15, 0.2) is 5.41 Å². The van der Waals surface area contributed by atoms with Crippen molar-refractivity contribution in [3.05, 3.63) is 4.91 Å². The summed E-state index contributed by atoms with van der Waals surface area (Å²) >= 11 is 0. The second-order valence-corrected chi connectivity index (χ2v) is 2.86. The van der Waals surface area contributed by atoms with E-state index in [1.807, 2.05) is 0 Å². The third-order valence-corrected chi connectivity index (χ3v) is 2.14. The fraction of sp³-hybridized carbons (Fsp3) is 0.667. The number of carboxylic acids is 2. The van der Waals surface area contributed by atoms with E-state index in [0.717, 1.165) is 0 Å². The molecule has 2 N–H and O–H groups in total. The van der Waals surface area contributed by atoms with Crippen LogP contribution in [-0.4, -0.2) is 28.2 Å². The normalized spacial score (nSPS) is 21.0. The van der Waals surface area contributed by atoms with Crippen LogP contribution in [0.25, 0.3) is 0 Å². The number of hydrogen-bond donors (Lipinski definition) is 2. The van der Waals surface area contributed by atoms with Crippen LogP contribution in [0.2, 0.25) is 0 Å². The van der Waals surface area contributed by atoms with E-state index in [9.17, 15) is 14.5 Å². The summed E-state index contributed by atoms with van der Waals surface area (Å²) in [5, 5.41) is 19.7. The summed E-state index contributed by atoms with van der Waals surface area (Å²) in [6.45, 7) is 0. The Labute approximate surface area is 67.2 Å². The van der Waals surface area contributed by atoms with E-state index in [4.69, 9.17) is 10.2 Å². The van der Waals surface area contributed by atoms with Crippen molar-refractivity contribution in [2.45, 2.75) is 18.9 Å². The molecule has 1 fully saturated rings. The van der Waals surface area contributed by atoms with Gasteiger partial charge in [-0.1, -0.05) is 5.18 Å². The maximum absolute atomic E-state index is 10.5. The van der Waals surface area contributed by atoms with Gasteiger partial charge in [0.1, 0.15) is 0 Å². The number of aliphatic carboxylic acids is 2. The van der Waals surface area contributed by atoms with Gasteiger partial charge in [0.2, 0.25) is 0 Å². The predicted molar refractivity (Wildman–Crippen MR) is 36.5 cm³/mol. The molecular weight excluding hydrogens is 166 g/mol. The van der Waals surface area contributed by atoms with Crippen molar-refractivity contribution in [1.82, 2.24) is 0 Å². The van der Waals surface area contributed by atoms with Gasteiger partial charge in [-0.05, 0) is 0 Å². The van der Waals surface area contributed by atoms with E-state index < -0.39 is 23.4 Å². The molecule has 66 valence electrons. The summed E-state index contributed by atoms with van der Waals surface area (Å²) in [6.07, 6.45) is -0.387. The van der Waals surface area contributed by atoms with Gasteiger partial charge in [-0.3, -0.25) is 9.59 Å². The maximum Gasteiger partial charge on any atom is 0.321 e. The minimum absolute atomic E-state index is 0.193. The SMILES string of the molecule is O=NC1CC(C(=O)O)(C(=O)O)C1. The molecule has 0 radical (unpaired) electrons. The van der Waals surface area contributed by atoms with Gasteiger partial charge in [0.25, 0.3) is 0 Å². The molecule has 0 saturated heterocycles. The first-order valence-electron chi connectivity index (χ1n) is 3.32. The van der Waals surface area contributed by atoms with E-state index in [2.05, 4.69) is 5.18 Å². The molecule has 0 aliphatic heterocycles. The fourth-order valence-corrected chi connectivity index (χ4v) is 1.26. The zero-order chi connectivity index (χ0) is 9.35. The largest absolute Gasteiger partial charge is 0.480 e. The number of rotatable bonds is 3. The molecular formula is C6H7NO5. The van der Waals surface area contributed by atoms with Gasteiger partial charge in [0, 0.05) is 12.8 Å². The lowest BCUT2D eigenvalue weighted by Gasteiger charge is -2.36. The van der Waals surface area contributed by atoms with Gasteiger partial charge < -0.3 is 10.2 Å². The predicted octanol–water partition coefficient (Wildman–Crippen LogP) is 0.0708. The Kier molecular flexibility index (Phi) is 1.83. The zero-order valence-corrected chi connectivity index (χ0v) is 6.06. The Hall–Kier alpha value is -1.46. The highest BCUT2D eigenvalue weighted by Gasteiger charge is 2.57. The lowest BCUT2D eigenvalue weighted by atomic mass is 9.66. The van der Waals surface area contributed by atoms with Crippen molar-refractivity contribution < 1.29 is 19.8 Å². The minimum Gasteiger partial charge on any atom is -0.480 e. The third kappa shape index (κ3) is 0.956. The van der Waals surface area contributed by atoms with Crippen LogP contribution in [0.1, 0.15) is 12.8 Å². The monoisotopic (exact) mass is 173 g/mol. The molecule has 0 amide bonds. The molecule has 0 spiro atoms. The summed E-state index contributed by atoms with van der Waals surface area (Å²) in [5.74, 6) is -2.79. The number of carboxylic acid groups (broad SMARTS) is 2. The number of carbonyl (C=O) groups is 2. The van der Waals surface area contributed by atoms with Gasteiger partial charge in [-0.15, -0.1) is 0 Å². The summed E-state index contributed by atoms with van der Waals surface area (Å²) in [6, 6.07) is -0.655. The van der Waals surface area contributed by atoms with Crippen LogP contribution in [0.5, 0.6) is 0 Å². The highest BCUT2D eigenvalue weighted by molar-refractivity contribution is 5.99. The zero-order valence-electron chi connectivity index (χ0n) is 6.06. The minimum atomic E-state index is -1.77. The molecule has 1 aliphatic carbocycles. The summed E-state index contributed by atoms with van der Waals surface area (Å²) < 4.78 is 0. The summed E-state index contributed by atoms with van der Waals surface area (Å²) in [5.41, 5.74) is -1.77. The highest BCUT2D eigenvalue weighted by Crippen LogP contribution is 2.43. The van der Waals surface area contributed by atoms with E-state index in [1.54, 1.807) is 0 Å². The quantitative estimate of drug-likeness (QED) is 0.464. The third-order valence-electron chi connectivity index (χ3n) is 2.14. The number of nitrogens with zero attached hydrogens (tertiary/aromatic N) is 1. The highest BCUT2D eigenvalue weighted by atomic mass is 16.4. The molecule has 1 rings (SSSR count). The molecule has 6 nitrogen and oxygen atoms in total. The van der Waals surface area contributed by atoms with Crippen LogP contribution in [0.15, 0.2) is 5.18 Å². The second kappa shape index (κ2) is 2.54. The average molecular weight is 173 g/mol. The first-order chi connectivity index (χ1) is 5.53. The van der Waals surface area contributed by atoms with Crippen molar-refractivity contribution in [3.8, 4) is 0 Å². The molecule has 0 atom stereocenters. The number of nitroso groups, excluding NO2 is 1. The molecule has 0 aromatic heterocycles. The molecule has 1 saturated carbocycles. The molecule has 0 bridgehead atoms. The smallest absolute Gasteiger partial charge is 0.321 e. The van der Waals surface area contributed by atoms with E-state index in [-0.39, 0.29) is 12.8 Å². The molecule has 0 aromatic rings. The van der Waals surface area contributed by atoms with Gasteiger partial charge in [-0.2, -0.15) is 4.91 Å². The molecule has 0 unspecified atom stereocenters. The Morgan fingerprint density at radius 2 is 1.67 bits per heavy atom. The van der Waals surface area contributed by atoms with Crippen LogP contribution in [0.4, 0.5) is 0 Å². The lowest BCUT2D eigenvalue weighted by molar-refractivity contribution is -0.172. The summed E-state index contributed by atoms with van der Waals surface area (Å²) in [4.78, 5) is 30.8. The number of hydrogen-bond acceptors (Lipinski definition) is 4. The van der Waals surface area contributed by atoms with Gasteiger partial charge >= 0.3 is 11.9 Å². The van der Waals surface area contributed by atoms with E-state index >= 15 is 0 Å². The first-order valence-corrected chi connectivity index (χ1v) is 3.32. The van der Waals surface area contributed by atoms with Crippen molar-refractivity contribution >= 4 is 11.9 Å². The average Bonchev–Trinajstić information content (AvgIpc) is 1.83.